The number of benzene rings is 1. The van der Waals surface area contributed by atoms with E-state index in [4.69, 9.17) is 11.6 Å². The van der Waals surface area contributed by atoms with Crippen molar-refractivity contribution in [1.82, 2.24) is 10.1 Å². The number of nitrogens with zero attached hydrogens (tertiary/aromatic N) is 2. The highest BCUT2D eigenvalue weighted by Crippen LogP contribution is 2.57. The van der Waals surface area contributed by atoms with E-state index in [9.17, 15) is 4.79 Å². The van der Waals surface area contributed by atoms with Gasteiger partial charge in [0.15, 0.2) is 0 Å². The standard InChI is InChI=1S/C20H21ClN4OS/c21-16-3-1-11(2-4-16)10-17-18(26)25-19(27-17)22-23-20(24-25)14-6-12-5-13(8-14)9-15(20)7-12/h1-4,10,12-15,23-24H,5-9H2/b17-10+. The molecule has 4 fully saturated rings. The molecule has 0 amide bonds. The number of fused-ring (bicyclic) bond motifs is 1. The van der Waals surface area contributed by atoms with Gasteiger partial charge in [-0.05, 0) is 67.7 Å². The molecule has 0 atom stereocenters. The van der Waals surface area contributed by atoms with Gasteiger partial charge < -0.3 is 0 Å². The minimum Gasteiger partial charge on any atom is -0.294 e. The lowest BCUT2D eigenvalue weighted by Crippen LogP contribution is -2.73. The van der Waals surface area contributed by atoms with Crippen LogP contribution in [0.5, 0.6) is 0 Å². The number of hydrogen-bond donors (Lipinski definition) is 2. The summed E-state index contributed by atoms with van der Waals surface area (Å²) < 4.78 is 2.37. The molecule has 4 saturated carbocycles. The third kappa shape index (κ3) is 2.36. The van der Waals surface area contributed by atoms with Crippen molar-refractivity contribution in [2.45, 2.75) is 37.8 Å². The molecule has 1 aromatic carbocycles. The maximum Gasteiger partial charge on any atom is 0.289 e. The summed E-state index contributed by atoms with van der Waals surface area (Å²) in [5.74, 6) is 2.86. The van der Waals surface area contributed by atoms with Crippen LogP contribution in [0.15, 0.2) is 34.2 Å². The SMILES string of the molecule is O=c1/c(=C\c2ccc(Cl)cc2)sc2n1NC1(NN=2)C2CC3CC(C2)CC1C3. The van der Waals surface area contributed by atoms with Crippen LogP contribution in [0.4, 0.5) is 0 Å². The molecular formula is C20H21ClN4OS. The zero-order valence-electron chi connectivity index (χ0n) is 14.8. The van der Waals surface area contributed by atoms with Crippen LogP contribution in [0.2, 0.25) is 5.02 Å². The molecule has 5 aliphatic rings. The van der Waals surface area contributed by atoms with Gasteiger partial charge in [0.1, 0.15) is 5.66 Å². The number of aromatic nitrogens is 1. The van der Waals surface area contributed by atoms with Crippen molar-refractivity contribution in [3.05, 3.63) is 54.5 Å². The Labute approximate surface area is 165 Å². The molecule has 4 aliphatic carbocycles. The molecule has 0 unspecified atom stereocenters. The van der Waals surface area contributed by atoms with Crippen LogP contribution in [0.1, 0.15) is 37.7 Å². The zero-order valence-corrected chi connectivity index (χ0v) is 16.4. The molecule has 1 spiro atoms. The summed E-state index contributed by atoms with van der Waals surface area (Å²) in [7, 11) is 0. The van der Waals surface area contributed by atoms with E-state index in [2.05, 4.69) is 16.0 Å². The number of nitrogens with one attached hydrogen (secondary N) is 2. The normalized spacial score (nSPS) is 36.3. The fourth-order valence-electron chi connectivity index (χ4n) is 6.00. The van der Waals surface area contributed by atoms with Gasteiger partial charge in [-0.25, -0.2) is 0 Å². The van der Waals surface area contributed by atoms with Gasteiger partial charge >= 0.3 is 0 Å². The van der Waals surface area contributed by atoms with Gasteiger partial charge in [0.05, 0.1) is 4.53 Å². The fourth-order valence-corrected chi connectivity index (χ4v) is 7.01. The predicted molar refractivity (Wildman–Crippen MR) is 107 cm³/mol. The highest BCUT2D eigenvalue weighted by molar-refractivity contribution is 7.07. The molecule has 2 aromatic rings. The molecule has 140 valence electrons. The second kappa shape index (κ2) is 5.61. The van der Waals surface area contributed by atoms with Gasteiger partial charge in [0.2, 0.25) is 4.80 Å². The summed E-state index contributed by atoms with van der Waals surface area (Å²) >= 11 is 7.38. The molecule has 27 heavy (non-hydrogen) atoms. The number of halogens is 1. The summed E-state index contributed by atoms with van der Waals surface area (Å²) in [5, 5.41) is 5.35. The van der Waals surface area contributed by atoms with Crippen LogP contribution < -0.4 is 25.7 Å². The number of thiazole rings is 1. The van der Waals surface area contributed by atoms with Crippen molar-refractivity contribution >= 4 is 29.0 Å². The fraction of sp³-hybridized carbons (Fsp3) is 0.500. The third-order valence-corrected chi connectivity index (χ3v) is 8.25. The van der Waals surface area contributed by atoms with Gasteiger partial charge in [-0.2, -0.15) is 4.68 Å². The topological polar surface area (TPSA) is 58.4 Å². The van der Waals surface area contributed by atoms with Crippen molar-refractivity contribution in [3.8, 4) is 0 Å². The molecule has 0 radical (unpaired) electrons. The second-order valence-corrected chi connectivity index (χ2v) is 10.0. The molecular weight excluding hydrogens is 380 g/mol. The molecule has 2 heterocycles. The van der Waals surface area contributed by atoms with E-state index in [1.165, 1.54) is 43.4 Å². The zero-order chi connectivity index (χ0) is 18.2. The van der Waals surface area contributed by atoms with Crippen LogP contribution in [0, 0.1) is 23.7 Å². The summed E-state index contributed by atoms with van der Waals surface area (Å²) in [6, 6.07) is 7.53. The molecule has 1 aromatic heterocycles. The number of hydrogen-bond acceptors (Lipinski definition) is 5. The minimum atomic E-state index is -0.247. The van der Waals surface area contributed by atoms with Gasteiger partial charge in [-0.3, -0.25) is 15.6 Å². The lowest BCUT2D eigenvalue weighted by Gasteiger charge is -2.61. The quantitative estimate of drug-likeness (QED) is 0.771. The third-order valence-electron chi connectivity index (χ3n) is 7.03. The second-order valence-electron chi connectivity index (χ2n) is 8.59. The Morgan fingerprint density at radius 2 is 1.78 bits per heavy atom. The van der Waals surface area contributed by atoms with E-state index < -0.39 is 0 Å². The summed E-state index contributed by atoms with van der Waals surface area (Å²) in [5.41, 5.74) is 7.79. The smallest absolute Gasteiger partial charge is 0.289 e. The first-order chi connectivity index (χ1) is 13.1. The highest BCUT2D eigenvalue weighted by Gasteiger charge is 2.58. The summed E-state index contributed by atoms with van der Waals surface area (Å²) in [6.45, 7) is 0. The predicted octanol–water partition coefficient (Wildman–Crippen LogP) is 2.23. The lowest BCUT2D eigenvalue weighted by molar-refractivity contribution is -0.0692. The Kier molecular flexibility index (Phi) is 3.36. The van der Waals surface area contributed by atoms with Gasteiger partial charge in [-0.15, -0.1) is 5.10 Å². The van der Waals surface area contributed by atoms with Crippen molar-refractivity contribution in [2.75, 3.05) is 5.43 Å². The van der Waals surface area contributed by atoms with Crippen molar-refractivity contribution < 1.29 is 0 Å². The van der Waals surface area contributed by atoms with E-state index in [1.54, 1.807) is 4.68 Å². The Bertz CT molecular complexity index is 1060. The Morgan fingerprint density at radius 3 is 2.44 bits per heavy atom. The van der Waals surface area contributed by atoms with Crippen LogP contribution in [-0.4, -0.2) is 10.3 Å². The molecule has 5 nitrogen and oxygen atoms in total. The largest absolute Gasteiger partial charge is 0.294 e. The van der Waals surface area contributed by atoms with E-state index in [1.807, 2.05) is 30.3 Å². The first-order valence-electron chi connectivity index (χ1n) is 9.73. The lowest BCUT2D eigenvalue weighted by atomic mass is 9.51. The van der Waals surface area contributed by atoms with Crippen LogP contribution >= 0.6 is 22.9 Å². The number of rotatable bonds is 1. The maximum absolute atomic E-state index is 13.1. The van der Waals surface area contributed by atoms with Gasteiger partial charge in [0.25, 0.3) is 5.56 Å². The van der Waals surface area contributed by atoms with E-state index in [0.717, 1.165) is 17.4 Å². The van der Waals surface area contributed by atoms with E-state index in [0.29, 0.717) is 26.2 Å². The first-order valence-corrected chi connectivity index (χ1v) is 10.9. The van der Waals surface area contributed by atoms with E-state index in [-0.39, 0.29) is 11.2 Å². The Hall–Kier alpha value is -1.79. The van der Waals surface area contributed by atoms with Crippen LogP contribution in [0.3, 0.4) is 0 Å². The Balaban J connectivity index is 1.41. The van der Waals surface area contributed by atoms with Crippen molar-refractivity contribution in [2.24, 2.45) is 28.8 Å². The minimum absolute atomic E-state index is 0.0108. The van der Waals surface area contributed by atoms with E-state index >= 15 is 0 Å². The molecule has 7 rings (SSSR count). The summed E-state index contributed by atoms with van der Waals surface area (Å²) in [6.07, 6.45) is 8.32. The van der Waals surface area contributed by atoms with Gasteiger partial charge in [0, 0.05) is 16.9 Å². The maximum atomic E-state index is 13.1. The molecule has 7 heteroatoms. The average molecular weight is 401 g/mol. The molecule has 0 saturated heterocycles. The molecule has 1 aliphatic heterocycles. The molecule has 2 N–H and O–H groups in total. The highest BCUT2D eigenvalue weighted by atomic mass is 35.5. The first kappa shape index (κ1) is 16.2. The monoisotopic (exact) mass is 400 g/mol. The van der Waals surface area contributed by atoms with Crippen LogP contribution in [-0.2, 0) is 0 Å². The van der Waals surface area contributed by atoms with Crippen molar-refractivity contribution in [3.63, 3.8) is 0 Å². The average Bonchev–Trinajstić information content (AvgIpc) is 2.96. The van der Waals surface area contributed by atoms with Gasteiger partial charge in [-0.1, -0.05) is 35.1 Å². The molecule has 4 bridgehead atoms. The van der Waals surface area contributed by atoms with Crippen LogP contribution in [0.25, 0.3) is 6.08 Å². The Morgan fingerprint density at radius 1 is 1.11 bits per heavy atom. The van der Waals surface area contributed by atoms with Crippen molar-refractivity contribution in [1.29, 1.82) is 0 Å². The summed E-state index contributed by atoms with van der Waals surface area (Å²) in [4.78, 5) is 13.8.